The van der Waals surface area contributed by atoms with Crippen LogP contribution < -0.4 is 15.8 Å². The Labute approximate surface area is 137 Å². The number of carbonyl (C=O) groups excluding carboxylic acids is 1. The van der Waals surface area contributed by atoms with Gasteiger partial charge in [0, 0.05) is 20.3 Å². The van der Waals surface area contributed by atoms with Crippen LogP contribution in [0.15, 0.2) is 29.2 Å². The topological polar surface area (TPSA) is 111 Å². The molecule has 0 bridgehead atoms. The Morgan fingerprint density at radius 2 is 2.04 bits per heavy atom. The van der Waals surface area contributed by atoms with Gasteiger partial charge in [0.2, 0.25) is 10.0 Å². The summed E-state index contributed by atoms with van der Waals surface area (Å²) >= 11 is 0. The van der Waals surface area contributed by atoms with Crippen molar-refractivity contribution in [1.29, 1.82) is 0 Å². The molecule has 23 heavy (non-hydrogen) atoms. The van der Waals surface area contributed by atoms with Gasteiger partial charge >= 0.3 is 6.03 Å². The van der Waals surface area contributed by atoms with Gasteiger partial charge in [-0.05, 0) is 43.9 Å². The quantitative estimate of drug-likeness (QED) is 0.590. The highest BCUT2D eigenvalue weighted by Gasteiger charge is 2.13. The van der Waals surface area contributed by atoms with Gasteiger partial charge in [-0.25, -0.2) is 18.4 Å². The number of nitrogens with one attached hydrogen (secondary N) is 2. The van der Waals surface area contributed by atoms with E-state index in [1.807, 2.05) is 0 Å². The number of carbonyl (C=O) groups is 1. The van der Waals surface area contributed by atoms with Gasteiger partial charge in [0.15, 0.2) is 0 Å². The molecule has 0 spiro atoms. The van der Waals surface area contributed by atoms with E-state index in [1.165, 1.54) is 12.1 Å². The highest BCUT2D eigenvalue weighted by molar-refractivity contribution is 7.89. The maximum absolute atomic E-state index is 11.8. The first-order valence-corrected chi connectivity index (χ1v) is 9.05. The largest absolute Gasteiger partial charge is 0.385 e. The van der Waals surface area contributed by atoms with Crippen molar-refractivity contribution in [3.8, 4) is 0 Å². The minimum atomic E-state index is -3.75. The van der Waals surface area contributed by atoms with E-state index in [-0.39, 0.29) is 17.0 Å². The minimum Gasteiger partial charge on any atom is -0.385 e. The van der Waals surface area contributed by atoms with Crippen LogP contribution in [0.5, 0.6) is 0 Å². The summed E-state index contributed by atoms with van der Waals surface area (Å²) in [6, 6.07) is 5.61. The van der Waals surface area contributed by atoms with Gasteiger partial charge in [-0.3, -0.25) is 0 Å². The van der Waals surface area contributed by atoms with E-state index in [1.54, 1.807) is 26.2 Å². The SMILES string of the molecule is COCCCCCNC(=O)N[C@H](C)c1cccc(S(N)(=O)=O)c1. The molecule has 1 aromatic carbocycles. The fraction of sp³-hybridized carbons (Fsp3) is 0.533. The highest BCUT2D eigenvalue weighted by atomic mass is 32.2. The molecule has 0 heterocycles. The summed E-state index contributed by atoms with van der Waals surface area (Å²) in [5.74, 6) is 0. The molecule has 1 atom stereocenters. The molecule has 1 aromatic rings. The zero-order valence-corrected chi connectivity index (χ0v) is 14.4. The summed E-state index contributed by atoms with van der Waals surface area (Å²) in [5.41, 5.74) is 0.673. The van der Waals surface area contributed by atoms with Gasteiger partial charge in [-0.1, -0.05) is 12.1 Å². The van der Waals surface area contributed by atoms with Crippen molar-refractivity contribution in [1.82, 2.24) is 10.6 Å². The van der Waals surface area contributed by atoms with Crippen LogP contribution >= 0.6 is 0 Å². The number of hydrogen-bond acceptors (Lipinski definition) is 4. The summed E-state index contributed by atoms with van der Waals surface area (Å²) in [4.78, 5) is 11.8. The van der Waals surface area contributed by atoms with Crippen LogP contribution in [0.25, 0.3) is 0 Å². The molecule has 1 rings (SSSR count). The molecule has 0 aliphatic carbocycles. The van der Waals surface area contributed by atoms with Crippen molar-refractivity contribution in [2.45, 2.75) is 37.1 Å². The smallest absolute Gasteiger partial charge is 0.315 e. The van der Waals surface area contributed by atoms with Crippen LogP contribution in [0.3, 0.4) is 0 Å². The van der Waals surface area contributed by atoms with Crippen LogP contribution in [-0.2, 0) is 14.8 Å². The van der Waals surface area contributed by atoms with E-state index in [0.717, 1.165) is 25.9 Å². The maximum atomic E-state index is 11.8. The zero-order chi connectivity index (χ0) is 17.3. The number of amides is 2. The molecule has 0 saturated heterocycles. The molecule has 0 aliphatic heterocycles. The van der Waals surface area contributed by atoms with Crippen molar-refractivity contribution in [2.75, 3.05) is 20.3 Å². The predicted molar refractivity (Wildman–Crippen MR) is 88.5 cm³/mol. The van der Waals surface area contributed by atoms with E-state index in [9.17, 15) is 13.2 Å². The minimum absolute atomic E-state index is 0.0298. The molecule has 0 aromatic heterocycles. The van der Waals surface area contributed by atoms with Crippen molar-refractivity contribution >= 4 is 16.1 Å². The summed E-state index contributed by atoms with van der Waals surface area (Å²) < 4.78 is 27.7. The number of nitrogens with two attached hydrogens (primary N) is 1. The number of ether oxygens (including phenoxy) is 1. The second-order valence-corrected chi connectivity index (χ2v) is 6.85. The molecular weight excluding hydrogens is 318 g/mol. The summed E-state index contributed by atoms with van der Waals surface area (Å²) in [6.07, 6.45) is 2.84. The molecule has 0 unspecified atom stereocenters. The van der Waals surface area contributed by atoms with Crippen molar-refractivity contribution in [3.63, 3.8) is 0 Å². The van der Waals surface area contributed by atoms with Gasteiger partial charge in [0.1, 0.15) is 0 Å². The van der Waals surface area contributed by atoms with E-state index in [2.05, 4.69) is 10.6 Å². The van der Waals surface area contributed by atoms with Crippen LogP contribution in [0, 0.1) is 0 Å². The summed E-state index contributed by atoms with van der Waals surface area (Å²) in [5, 5.41) is 10.6. The number of rotatable bonds is 9. The van der Waals surface area contributed by atoms with Crippen LogP contribution in [-0.4, -0.2) is 34.7 Å². The average Bonchev–Trinajstić information content (AvgIpc) is 2.50. The highest BCUT2D eigenvalue weighted by Crippen LogP contribution is 2.16. The van der Waals surface area contributed by atoms with E-state index in [0.29, 0.717) is 12.1 Å². The molecule has 0 aliphatic rings. The number of urea groups is 1. The predicted octanol–water partition coefficient (Wildman–Crippen LogP) is 1.51. The maximum Gasteiger partial charge on any atom is 0.315 e. The first kappa shape index (κ1) is 19.4. The lowest BCUT2D eigenvalue weighted by Crippen LogP contribution is -2.37. The second-order valence-electron chi connectivity index (χ2n) is 5.29. The molecule has 2 amide bonds. The van der Waals surface area contributed by atoms with Gasteiger partial charge in [-0.2, -0.15) is 0 Å². The van der Waals surface area contributed by atoms with Crippen molar-refractivity contribution in [3.05, 3.63) is 29.8 Å². The van der Waals surface area contributed by atoms with Crippen LogP contribution in [0.4, 0.5) is 4.79 Å². The number of methoxy groups -OCH3 is 1. The van der Waals surface area contributed by atoms with Gasteiger partial charge in [0.25, 0.3) is 0 Å². The lowest BCUT2D eigenvalue weighted by Gasteiger charge is -2.15. The summed E-state index contributed by atoms with van der Waals surface area (Å²) in [7, 11) is -2.09. The Balaban J connectivity index is 2.43. The Morgan fingerprint density at radius 1 is 1.30 bits per heavy atom. The Morgan fingerprint density at radius 3 is 2.70 bits per heavy atom. The number of benzene rings is 1. The summed E-state index contributed by atoms with van der Waals surface area (Å²) in [6.45, 7) is 3.09. The molecule has 8 heteroatoms. The van der Waals surface area contributed by atoms with Crippen molar-refractivity contribution in [2.24, 2.45) is 5.14 Å². The third-order valence-electron chi connectivity index (χ3n) is 3.35. The second kappa shape index (κ2) is 9.49. The third kappa shape index (κ3) is 7.45. The van der Waals surface area contributed by atoms with Crippen molar-refractivity contribution < 1.29 is 17.9 Å². The first-order valence-electron chi connectivity index (χ1n) is 7.50. The number of primary sulfonamides is 1. The van der Waals surface area contributed by atoms with Gasteiger partial charge in [0.05, 0.1) is 10.9 Å². The molecular formula is C15H25N3O4S. The molecule has 0 fully saturated rings. The van der Waals surface area contributed by atoms with Gasteiger partial charge in [-0.15, -0.1) is 0 Å². The lowest BCUT2D eigenvalue weighted by molar-refractivity contribution is 0.192. The third-order valence-corrected chi connectivity index (χ3v) is 4.26. The first-order chi connectivity index (χ1) is 10.8. The number of hydrogen-bond donors (Lipinski definition) is 3. The normalized spacial score (nSPS) is 12.7. The van der Waals surface area contributed by atoms with Gasteiger partial charge < -0.3 is 15.4 Å². The molecule has 130 valence electrons. The fourth-order valence-corrected chi connectivity index (χ4v) is 2.61. The molecule has 0 saturated carbocycles. The monoisotopic (exact) mass is 343 g/mol. The fourth-order valence-electron chi connectivity index (χ4n) is 2.04. The number of sulfonamides is 1. The van der Waals surface area contributed by atoms with E-state index in [4.69, 9.17) is 9.88 Å². The average molecular weight is 343 g/mol. The molecule has 7 nitrogen and oxygen atoms in total. The van der Waals surface area contributed by atoms with Crippen LogP contribution in [0.1, 0.15) is 37.8 Å². The Hall–Kier alpha value is -1.64. The standard InChI is InChI=1S/C15H25N3O4S/c1-12(13-7-6-8-14(11-13)23(16,20)21)18-15(19)17-9-4-3-5-10-22-2/h6-8,11-12H,3-5,9-10H2,1-2H3,(H2,16,20,21)(H2,17,18,19)/t12-/m1/s1. The van der Waals surface area contributed by atoms with Crippen LogP contribution in [0.2, 0.25) is 0 Å². The molecule has 4 N–H and O–H groups in total. The number of unbranched alkanes of at least 4 members (excludes halogenated alkanes) is 2. The van der Waals surface area contributed by atoms with E-state index < -0.39 is 10.0 Å². The molecule has 0 radical (unpaired) electrons. The zero-order valence-electron chi connectivity index (χ0n) is 13.5. The Kier molecular flexibility index (Phi) is 8.01. The Bertz CT molecular complexity index is 604. The lowest BCUT2D eigenvalue weighted by atomic mass is 10.1. The van der Waals surface area contributed by atoms with E-state index >= 15 is 0 Å².